The lowest BCUT2D eigenvalue weighted by atomic mass is 10.1. The van der Waals surface area contributed by atoms with Crippen molar-refractivity contribution in [3.05, 3.63) is 54.1 Å². The summed E-state index contributed by atoms with van der Waals surface area (Å²) in [5, 5.41) is 0. The molecular weight excluding hydrogens is 304 g/mol. The second-order valence-corrected chi connectivity index (χ2v) is 6.05. The van der Waals surface area contributed by atoms with Gasteiger partial charge in [0.05, 0.1) is 18.6 Å². The minimum absolute atomic E-state index is 0.0129. The Hall–Kier alpha value is -2.63. The first-order chi connectivity index (χ1) is 11.6. The molecular formula is C18H22N4O2. The molecule has 3 rings (SSSR count). The van der Waals surface area contributed by atoms with Gasteiger partial charge in [-0.25, -0.2) is 4.98 Å². The van der Waals surface area contributed by atoms with E-state index in [1.54, 1.807) is 29.2 Å². The first kappa shape index (κ1) is 16.2. The fraction of sp³-hybridized carbons (Fsp3) is 0.389. The van der Waals surface area contributed by atoms with E-state index < -0.39 is 6.04 Å². The minimum Gasteiger partial charge on any atom is -0.333 e. The zero-order valence-electron chi connectivity index (χ0n) is 14.1. The molecule has 1 aromatic heterocycles. The van der Waals surface area contributed by atoms with E-state index in [0.29, 0.717) is 13.1 Å². The third-order valence-corrected chi connectivity index (χ3v) is 4.47. The monoisotopic (exact) mass is 326 g/mol. The maximum Gasteiger partial charge on any atom is 0.245 e. The van der Waals surface area contributed by atoms with Crippen LogP contribution in [0.2, 0.25) is 0 Å². The van der Waals surface area contributed by atoms with Crippen LogP contribution in [0.25, 0.3) is 0 Å². The first-order valence-electron chi connectivity index (χ1n) is 8.21. The van der Waals surface area contributed by atoms with Crippen LogP contribution in [0.5, 0.6) is 0 Å². The van der Waals surface area contributed by atoms with Crippen LogP contribution in [0.4, 0.5) is 0 Å². The van der Waals surface area contributed by atoms with E-state index in [4.69, 9.17) is 0 Å². The highest BCUT2D eigenvalue weighted by atomic mass is 16.2. The average Bonchev–Trinajstić information content (AvgIpc) is 3.04. The van der Waals surface area contributed by atoms with Gasteiger partial charge in [-0.3, -0.25) is 9.59 Å². The van der Waals surface area contributed by atoms with Gasteiger partial charge in [0, 0.05) is 19.3 Å². The summed E-state index contributed by atoms with van der Waals surface area (Å²) in [6, 6.07) is 9.28. The lowest BCUT2D eigenvalue weighted by molar-refractivity contribution is -0.156. The van der Waals surface area contributed by atoms with E-state index in [0.717, 1.165) is 17.8 Å². The normalized spacial score (nSPS) is 18.3. The molecule has 0 spiro atoms. The molecule has 6 nitrogen and oxygen atoms in total. The summed E-state index contributed by atoms with van der Waals surface area (Å²) in [5.41, 5.74) is 1.98. The Morgan fingerprint density at radius 3 is 2.62 bits per heavy atom. The van der Waals surface area contributed by atoms with Crippen molar-refractivity contribution >= 4 is 11.8 Å². The summed E-state index contributed by atoms with van der Waals surface area (Å²) in [7, 11) is 0. The molecule has 6 heteroatoms. The van der Waals surface area contributed by atoms with Crippen LogP contribution in [0.3, 0.4) is 0 Å². The molecule has 1 atom stereocenters. The van der Waals surface area contributed by atoms with Crippen LogP contribution >= 0.6 is 0 Å². The molecule has 2 aromatic rings. The zero-order chi connectivity index (χ0) is 17.1. The zero-order valence-corrected chi connectivity index (χ0v) is 14.1. The molecule has 126 valence electrons. The molecule has 0 aliphatic carbocycles. The summed E-state index contributed by atoms with van der Waals surface area (Å²) in [6.07, 6.45) is 3.50. The molecule has 0 saturated carbocycles. The Kier molecular flexibility index (Phi) is 4.64. The van der Waals surface area contributed by atoms with Gasteiger partial charge in [-0.1, -0.05) is 30.3 Å². The highest BCUT2D eigenvalue weighted by molar-refractivity contribution is 5.94. The Balaban J connectivity index is 1.72. The van der Waals surface area contributed by atoms with Crippen LogP contribution in [-0.2, 0) is 29.2 Å². The lowest BCUT2D eigenvalue weighted by Crippen LogP contribution is -2.58. The van der Waals surface area contributed by atoms with E-state index >= 15 is 0 Å². The number of carbonyl (C=O) groups is 2. The van der Waals surface area contributed by atoms with E-state index in [2.05, 4.69) is 4.98 Å². The maximum atomic E-state index is 12.7. The van der Waals surface area contributed by atoms with Gasteiger partial charge in [0.15, 0.2) is 0 Å². The number of hydrogen-bond donors (Lipinski definition) is 0. The number of piperazine rings is 1. The minimum atomic E-state index is -0.463. The Morgan fingerprint density at radius 1 is 1.17 bits per heavy atom. The second-order valence-electron chi connectivity index (χ2n) is 6.05. The number of amides is 2. The summed E-state index contributed by atoms with van der Waals surface area (Å²) < 4.78 is 1.99. The van der Waals surface area contributed by atoms with E-state index in [-0.39, 0.29) is 18.4 Å². The predicted octanol–water partition coefficient (Wildman–Crippen LogP) is 1.66. The summed E-state index contributed by atoms with van der Waals surface area (Å²) in [5.74, 6) is -0.0390. The number of nitrogens with zero attached hydrogens (tertiary/aromatic N) is 4. The van der Waals surface area contributed by atoms with E-state index in [9.17, 15) is 9.59 Å². The van der Waals surface area contributed by atoms with Crippen molar-refractivity contribution in [3.63, 3.8) is 0 Å². The Morgan fingerprint density at radius 2 is 1.92 bits per heavy atom. The van der Waals surface area contributed by atoms with Gasteiger partial charge < -0.3 is 14.4 Å². The van der Waals surface area contributed by atoms with E-state index in [1.807, 2.05) is 41.8 Å². The summed E-state index contributed by atoms with van der Waals surface area (Å²) in [4.78, 5) is 32.7. The molecule has 2 heterocycles. The highest BCUT2D eigenvalue weighted by Gasteiger charge is 2.36. The van der Waals surface area contributed by atoms with Gasteiger partial charge in [0.2, 0.25) is 11.8 Å². The largest absolute Gasteiger partial charge is 0.333 e. The van der Waals surface area contributed by atoms with Crippen LogP contribution in [0, 0.1) is 0 Å². The molecule has 1 aliphatic heterocycles. The number of aryl methyl sites for hydroxylation is 1. The highest BCUT2D eigenvalue weighted by Crippen LogP contribution is 2.18. The molecule has 1 saturated heterocycles. The quantitative estimate of drug-likeness (QED) is 0.840. The molecule has 0 unspecified atom stereocenters. The van der Waals surface area contributed by atoms with Crippen molar-refractivity contribution < 1.29 is 9.59 Å². The number of hydrogen-bond acceptors (Lipinski definition) is 3. The van der Waals surface area contributed by atoms with Crippen molar-refractivity contribution in [1.82, 2.24) is 19.4 Å². The van der Waals surface area contributed by atoms with Gasteiger partial charge >= 0.3 is 0 Å². The Labute approximate surface area is 141 Å². The fourth-order valence-electron chi connectivity index (χ4n) is 3.05. The fourth-order valence-corrected chi connectivity index (χ4v) is 3.05. The molecule has 0 bridgehead atoms. The smallest absolute Gasteiger partial charge is 0.245 e. The van der Waals surface area contributed by atoms with Gasteiger partial charge in [-0.15, -0.1) is 0 Å². The number of imidazole rings is 1. The van der Waals surface area contributed by atoms with Crippen molar-refractivity contribution in [3.8, 4) is 0 Å². The van der Waals surface area contributed by atoms with Crippen molar-refractivity contribution in [2.75, 3.05) is 6.54 Å². The summed E-state index contributed by atoms with van der Waals surface area (Å²) in [6.45, 7) is 5.62. The predicted molar refractivity (Wildman–Crippen MR) is 89.8 cm³/mol. The topological polar surface area (TPSA) is 58.4 Å². The number of benzene rings is 1. The molecule has 2 amide bonds. The number of rotatable bonds is 5. The molecule has 1 aromatic carbocycles. The van der Waals surface area contributed by atoms with Crippen LogP contribution in [0.15, 0.2) is 42.9 Å². The van der Waals surface area contributed by atoms with Gasteiger partial charge in [-0.2, -0.15) is 0 Å². The molecule has 0 radical (unpaired) electrons. The summed E-state index contributed by atoms with van der Waals surface area (Å²) >= 11 is 0. The molecule has 1 fully saturated rings. The third-order valence-electron chi connectivity index (χ3n) is 4.47. The lowest BCUT2D eigenvalue weighted by Gasteiger charge is -2.38. The van der Waals surface area contributed by atoms with Gasteiger partial charge in [0.25, 0.3) is 0 Å². The maximum absolute atomic E-state index is 12.7. The van der Waals surface area contributed by atoms with Crippen LogP contribution in [0.1, 0.15) is 25.1 Å². The molecule has 1 aliphatic rings. The van der Waals surface area contributed by atoms with Crippen LogP contribution in [-0.4, -0.2) is 43.8 Å². The standard InChI is InChI=1S/C18H22N4O2/c1-3-20-13-19-9-16(20)11-22-14(2)18(24)21(12-17(22)23)10-15-7-5-4-6-8-15/h4-9,13-14H,3,10-12H2,1-2H3/t14-/m0/s1. The van der Waals surface area contributed by atoms with E-state index in [1.165, 1.54) is 0 Å². The molecule has 24 heavy (non-hydrogen) atoms. The second kappa shape index (κ2) is 6.86. The number of aromatic nitrogens is 2. The van der Waals surface area contributed by atoms with Crippen molar-refractivity contribution in [1.29, 1.82) is 0 Å². The number of carbonyl (C=O) groups excluding carboxylic acids is 2. The van der Waals surface area contributed by atoms with Crippen LogP contribution < -0.4 is 0 Å². The van der Waals surface area contributed by atoms with Gasteiger partial charge in [-0.05, 0) is 19.4 Å². The SMILES string of the molecule is CCn1cncc1CN1C(=O)CN(Cc2ccccc2)C(=O)[C@@H]1C. The van der Waals surface area contributed by atoms with Crippen molar-refractivity contribution in [2.45, 2.75) is 39.5 Å². The van der Waals surface area contributed by atoms with Gasteiger partial charge in [0.1, 0.15) is 12.6 Å². The first-order valence-corrected chi connectivity index (χ1v) is 8.21. The molecule has 0 N–H and O–H groups in total. The Bertz CT molecular complexity index is 726. The third kappa shape index (κ3) is 3.18. The average molecular weight is 326 g/mol. The van der Waals surface area contributed by atoms with Crippen molar-refractivity contribution in [2.24, 2.45) is 0 Å².